The van der Waals surface area contributed by atoms with Crippen molar-refractivity contribution in [1.29, 1.82) is 0 Å². The van der Waals surface area contributed by atoms with Gasteiger partial charge < -0.3 is 5.32 Å². The van der Waals surface area contributed by atoms with Gasteiger partial charge in [-0.1, -0.05) is 23.7 Å². The van der Waals surface area contributed by atoms with E-state index in [9.17, 15) is 0 Å². The molecular formula is C11H9ClIN3. The standard InChI is InChI=1S/C11H9ClIN3/c12-9-3-1-8(2-4-9)5-15-11-10(13)6-14-7-16-11/h1-4,6-7H,5H2,(H,14,15,16). The Morgan fingerprint density at radius 2 is 2.00 bits per heavy atom. The Balaban J connectivity index is 2.02. The van der Waals surface area contributed by atoms with Crippen LogP contribution in [0.4, 0.5) is 5.82 Å². The zero-order valence-corrected chi connectivity index (χ0v) is 11.2. The van der Waals surface area contributed by atoms with E-state index in [0.717, 1.165) is 21.0 Å². The highest BCUT2D eigenvalue weighted by molar-refractivity contribution is 14.1. The highest BCUT2D eigenvalue weighted by atomic mass is 127. The third kappa shape index (κ3) is 3.05. The summed E-state index contributed by atoms with van der Waals surface area (Å²) in [6.45, 7) is 0.726. The Bertz CT molecular complexity index is 473. The molecule has 0 saturated carbocycles. The second-order valence-electron chi connectivity index (χ2n) is 3.20. The van der Waals surface area contributed by atoms with Gasteiger partial charge in [-0.3, -0.25) is 0 Å². The van der Waals surface area contributed by atoms with Crippen molar-refractivity contribution in [1.82, 2.24) is 9.97 Å². The van der Waals surface area contributed by atoms with E-state index < -0.39 is 0 Å². The van der Waals surface area contributed by atoms with Gasteiger partial charge in [0.25, 0.3) is 0 Å². The molecule has 0 bridgehead atoms. The Morgan fingerprint density at radius 3 is 2.69 bits per heavy atom. The van der Waals surface area contributed by atoms with E-state index in [1.54, 1.807) is 6.20 Å². The molecule has 0 amide bonds. The maximum absolute atomic E-state index is 5.81. The van der Waals surface area contributed by atoms with Crippen molar-refractivity contribution in [3.63, 3.8) is 0 Å². The van der Waals surface area contributed by atoms with Crippen molar-refractivity contribution in [2.75, 3.05) is 5.32 Å². The molecule has 2 rings (SSSR count). The van der Waals surface area contributed by atoms with E-state index in [1.165, 1.54) is 11.9 Å². The van der Waals surface area contributed by atoms with Gasteiger partial charge in [0, 0.05) is 17.8 Å². The Morgan fingerprint density at radius 1 is 1.25 bits per heavy atom. The predicted octanol–water partition coefficient (Wildman–Crippen LogP) is 3.35. The molecule has 1 heterocycles. The SMILES string of the molecule is Clc1ccc(CNc2ncncc2I)cc1. The zero-order valence-electron chi connectivity index (χ0n) is 8.32. The van der Waals surface area contributed by atoms with Crippen molar-refractivity contribution >= 4 is 40.0 Å². The van der Waals surface area contributed by atoms with Gasteiger partial charge in [-0.15, -0.1) is 0 Å². The fourth-order valence-electron chi connectivity index (χ4n) is 1.23. The summed E-state index contributed by atoms with van der Waals surface area (Å²) in [4.78, 5) is 8.09. The highest BCUT2D eigenvalue weighted by Gasteiger charge is 1.99. The molecule has 0 radical (unpaired) electrons. The Hall–Kier alpha value is -0.880. The van der Waals surface area contributed by atoms with E-state index in [2.05, 4.69) is 37.9 Å². The number of benzene rings is 1. The topological polar surface area (TPSA) is 37.8 Å². The highest BCUT2D eigenvalue weighted by Crippen LogP contribution is 2.14. The molecule has 5 heteroatoms. The minimum atomic E-state index is 0.726. The first-order valence-corrected chi connectivity index (χ1v) is 6.15. The minimum absolute atomic E-state index is 0.726. The quantitative estimate of drug-likeness (QED) is 0.867. The van der Waals surface area contributed by atoms with Crippen LogP contribution in [0.25, 0.3) is 0 Å². The smallest absolute Gasteiger partial charge is 0.143 e. The van der Waals surface area contributed by atoms with Gasteiger partial charge in [0.05, 0.1) is 3.57 Å². The lowest BCUT2D eigenvalue weighted by atomic mass is 10.2. The fraction of sp³-hybridized carbons (Fsp3) is 0.0909. The minimum Gasteiger partial charge on any atom is -0.365 e. The van der Waals surface area contributed by atoms with Crippen LogP contribution in [0.2, 0.25) is 5.02 Å². The number of anilines is 1. The molecule has 0 aliphatic heterocycles. The van der Waals surface area contributed by atoms with Crippen LogP contribution in [0.1, 0.15) is 5.56 Å². The van der Waals surface area contributed by atoms with Crippen molar-refractivity contribution in [3.05, 3.63) is 50.9 Å². The normalized spacial score (nSPS) is 10.1. The van der Waals surface area contributed by atoms with Crippen molar-refractivity contribution in [3.8, 4) is 0 Å². The fourth-order valence-corrected chi connectivity index (χ4v) is 1.85. The molecule has 0 atom stereocenters. The number of rotatable bonds is 3. The van der Waals surface area contributed by atoms with Gasteiger partial charge in [-0.05, 0) is 40.3 Å². The van der Waals surface area contributed by atoms with Gasteiger partial charge in [0.1, 0.15) is 12.1 Å². The second-order valence-corrected chi connectivity index (χ2v) is 4.80. The third-order valence-corrected chi connectivity index (χ3v) is 3.08. The molecule has 82 valence electrons. The van der Waals surface area contributed by atoms with Crippen molar-refractivity contribution < 1.29 is 0 Å². The van der Waals surface area contributed by atoms with E-state index in [1.807, 2.05) is 24.3 Å². The van der Waals surface area contributed by atoms with Crippen LogP contribution >= 0.6 is 34.2 Å². The number of aromatic nitrogens is 2. The van der Waals surface area contributed by atoms with Crippen LogP contribution in [-0.4, -0.2) is 9.97 Å². The average Bonchev–Trinajstić information content (AvgIpc) is 2.30. The first kappa shape index (κ1) is 11.6. The summed E-state index contributed by atoms with van der Waals surface area (Å²) in [5, 5.41) is 4.00. The number of hydrogen-bond donors (Lipinski definition) is 1. The van der Waals surface area contributed by atoms with Gasteiger partial charge >= 0.3 is 0 Å². The first-order chi connectivity index (χ1) is 7.75. The van der Waals surface area contributed by atoms with Gasteiger partial charge in [0.15, 0.2) is 0 Å². The summed E-state index contributed by atoms with van der Waals surface area (Å²) < 4.78 is 1.01. The van der Waals surface area contributed by atoms with Crippen LogP contribution in [0, 0.1) is 3.57 Å². The van der Waals surface area contributed by atoms with Crippen LogP contribution in [0.15, 0.2) is 36.8 Å². The molecule has 0 spiro atoms. The van der Waals surface area contributed by atoms with Crippen LogP contribution in [-0.2, 0) is 6.54 Å². The maximum atomic E-state index is 5.81. The second kappa shape index (κ2) is 5.45. The lowest BCUT2D eigenvalue weighted by Gasteiger charge is -2.06. The largest absolute Gasteiger partial charge is 0.365 e. The lowest BCUT2D eigenvalue weighted by Crippen LogP contribution is -2.03. The molecule has 16 heavy (non-hydrogen) atoms. The molecular weight excluding hydrogens is 336 g/mol. The van der Waals surface area contributed by atoms with Gasteiger partial charge in [-0.25, -0.2) is 9.97 Å². The molecule has 0 saturated heterocycles. The van der Waals surface area contributed by atoms with Crippen molar-refractivity contribution in [2.45, 2.75) is 6.54 Å². The Labute approximate surface area is 112 Å². The average molecular weight is 346 g/mol. The van der Waals surface area contributed by atoms with Crippen molar-refractivity contribution in [2.24, 2.45) is 0 Å². The third-order valence-electron chi connectivity index (χ3n) is 2.04. The van der Waals surface area contributed by atoms with Gasteiger partial charge in [0.2, 0.25) is 0 Å². The molecule has 1 aromatic carbocycles. The van der Waals surface area contributed by atoms with Crippen LogP contribution in [0.5, 0.6) is 0 Å². The molecule has 1 aromatic heterocycles. The predicted molar refractivity (Wildman–Crippen MR) is 73.5 cm³/mol. The summed E-state index contributed by atoms with van der Waals surface area (Å²) >= 11 is 8.01. The lowest BCUT2D eigenvalue weighted by molar-refractivity contribution is 1.07. The molecule has 0 fully saturated rings. The van der Waals surface area contributed by atoms with E-state index in [-0.39, 0.29) is 0 Å². The number of nitrogens with zero attached hydrogens (tertiary/aromatic N) is 2. The van der Waals surface area contributed by atoms with Crippen LogP contribution in [0.3, 0.4) is 0 Å². The first-order valence-electron chi connectivity index (χ1n) is 4.69. The molecule has 2 aromatic rings. The van der Waals surface area contributed by atoms with E-state index >= 15 is 0 Å². The summed E-state index contributed by atoms with van der Waals surface area (Å²) in [6, 6.07) is 7.74. The van der Waals surface area contributed by atoms with Crippen LogP contribution < -0.4 is 5.32 Å². The monoisotopic (exact) mass is 345 g/mol. The van der Waals surface area contributed by atoms with Gasteiger partial charge in [-0.2, -0.15) is 0 Å². The zero-order chi connectivity index (χ0) is 11.4. The maximum Gasteiger partial charge on any atom is 0.143 e. The number of hydrogen-bond acceptors (Lipinski definition) is 3. The number of halogens is 2. The molecule has 0 aliphatic carbocycles. The Kier molecular flexibility index (Phi) is 3.95. The molecule has 1 N–H and O–H groups in total. The number of nitrogens with one attached hydrogen (secondary N) is 1. The van der Waals surface area contributed by atoms with E-state index in [0.29, 0.717) is 0 Å². The summed E-state index contributed by atoms with van der Waals surface area (Å²) in [7, 11) is 0. The summed E-state index contributed by atoms with van der Waals surface area (Å²) in [5.74, 6) is 0.852. The summed E-state index contributed by atoms with van der Waals surface area (Å²) in [6.07, 6.45) is 3.31. The molecule has 0 aliphatic rings. The summed E-state index contributed by atoms with van der Waals surface area (Å²) in [5.41, 5.74) is 1.17. The molecule has 3 nitrogen and oxygen atoms in total. The van der Waals surface area contributed by atoms with E-state index in [4.69, 9.17) is 11.6 Å². The molecule has 0 unspecified atom stereocenters.